The Morgan fingerprint density at radius 3 is 2.59 bits per heavy atom. The first-order valence-electron chi connectivity index (χ1n) is 5.46. The molecule has 0 unspecified atom stereocenters. The zero-order valence-corrected chi connectivity index (χ0v) is 9.56. The number of hydrogen-bond donors (Lipinski definition) is 2. The van der Waals surface area contributed by atoms with E-state index in [1.54, 1.807) is 0 Å². The van der Waals surface area contributed by atoms with Gasteiger partial charge in [-0.25, -0.2) is 0 Å². The third kappa shape index (κ3) is 2.37. The van der Waals surface area contributed by atoms with E-state index < -0.39 is 0 Å². The van der Waals surface area contributed by atoms with E-state index in [1.807, 2.05) is 48.5 Å². The minimum Gasteiger partial charge on any atom is -0.399 e. The highest BCUT2D eigenvalue weighted by Gasteiger charge is 2.06. The maximum atomic E-state index is 9.30. The number of nitrogen functional groups attached to an aromatic ring is 1. The van der Waals surface area contributed by atoms with E-state index in [-0.39, 0.29) is 6.61 Å². The molecule has 0 saturated carbocycles. The fraction of sp³-hybridized carbons (Fsp3) is 0.0667. The molecule has 0 spiro atoms. The van der Waals surface area contributed by atoms with Crippen molar-refractivity contribution in [3.63, 3.8) is 0 Å². The monoisotopic (exact) mass is 225 g/mol. The van der Waals surface area contributed by atoms with Gasteiger partial charge in [0.2, 0.25) is 0 Å². The van der Waals surface area contributed by atoms with Crippen molar-refractivity contribution in [2.75, 3.05) is 5.73 Å². The molecule has 0 aliphatic heterocycles. The van der Waals surface area contributed by atoms with Crippen molar-refractivity contribution < 1.29 is 5.11 Å². The summed E-state index contributed by atoms with van der Waals surface area (Å²) in [5.41, 5.74) is 10.2. The zero-order valence-electron chi connectivity index (χ0n) is 9.56. The lowest BCUT2D eigenvalue weighted by Crippen LogP contribution is -1.95. The largest absolute Gasteiger partial charge is 0.399 e. The first kappa shape index (κ1) is 11.4. The fourth-order valence-electron chi connectivity index (χ4n) is 1.83. The summed E-state index contributed by atoms with van der Waals surface area (Å²) in [6, 6.07) is 15.3. The van der Waals surface area contributed by atoms with E-state index in [4.69, 9.17) is 5.73 Å². The summed E-state index contributed by atoms with van der Waals surface area (Å²) < 4.78 is 0. The van der Waals surface area contributed by atoms with Crippen LogP contribution >= 0.6 is 0 Å². The van der Waals surface area contributed by atoms with Crippen LogP contribution in [0.4, 0.5) is 5.69 Å². The topological polar surface area (TPSA) is 46.2 Å². The minimum atomic E-state index is 0.0114. The molecule has 2 aromatic rings. The smallest absolute Gasteiger partial charge is 0.0687 e. The summed E-state index contributed by atoms with van der Waals surface area (Å²) in [6.07, 6.45) is 0. The predicted molar refractivity (Wildman–Crippen MR) is 71.4 cm³/mol. The van der Waals surface area contributed by atoms with Crippen molar-refractivity contribution in [3.8, 4) is 0 Å². The van der Waals surface area contributed by atoms with E-state index in [2.05, 4.69) is 6.58 Å². The van der Waals surface area contributed by atoms with Crippen LogP contribution in [0.5, 0.6) is 0 Å². The molecule has 0 radical (unpaired) electrons. The normalized spacial score (nSPS) is 10.2. The maximum absolute atomic E-state index is 9.30. The summed E-state index contributed by atoms with van der Waals surface area (Å²) in [7, 11) is 0. The third-order valence-electron chi connectivity index (χ3n) is 2.75. The maximum Gasteiger partial charge on any atom is 0.0687 e. The molecule has 2 heteroatoms. The molecule has 0 atom stereocenters. The molecule has 0 amide bonds. The van der Waals surface area contributed by atoms with Crippen molar-refractivity contribution in [2.24, 2.45) is 0 Å². The van der Waals surface area contributed by atoms with Gasteiger partial charge in [0.1, 0.15) is 0 Å². The lowest BCUT2D eigenvalue weighted by atomic mass is 9.95. The van der Waals surface area contributed by atoms with E-state index >= 15 is 0 Å². The lowest BCUT2D eigenvalue weighted by molar-refractivity contribution is 0.281. The van der Waals surface area contributed by atoms with Crippen molar-refractivity contribution in [3.05, 3.63) is 71.8 Å². The van der Waals surface area contributed by atoms with Crippen molar-refractivity contribution in [1.82, 2.24) is 0 Å². The first-order valence-corrected chi connectivity index (χ1v) is 5.46. The van der Waals surface area contributed by atoms with Gasteiger partial charge >= 0.3 is 0 Å². The Morgan fingerprint density at radius 1 is 1.12 bits per heavy atom. The number of nitrogens with two attached hydrogens (primary N) is 1. The predicted octanol–water partition coefficient (Wildman–Crippen LogP) is 2.82. The van der Waals surface area contributed by atoms with E-state index in [1.165, 1.54) is 0 Å². The molecule has 2 nitrogen and oxygen atoms in total. The summed E-state index contributed by atoms with van der Waals surface area (Å²) in [5, 5.41) is 9.30. The Kier molecular flexibility index (Phi) is 3.26. The highest BCUT2D eigenvalue weighted by atomic mass is 16.3. The molecule has 0 bridgehead atoms. The standard InChI is InChI=1S/C15H15NO/c1-11(12-6-4-7-14(16)9-12)15-8-3-2-5-13(15)10-17/h2-9,17H,1,10,16H2. The van der Waals surface area contributed by atoms with E-state index in [9.17, 15) is 5.11 Å². The molecular weight excluding hydrogens is 210 g/mol. The van der Waals surface area contributed by atoms with Crippen LogP contribution in [0.25, 0.3) is 5.57 Å². The molecule has 17 heavy (non-hydrogen) atoms. The molecule has 0 saturated heterocycles. The van der Waals surface area contributed by atoms with E-state index in [0.717, 1.165) is 22.3 Å². The molecule has 2 rings (SSSR count). The summed E-state index contributed by atoms with van der Waals surface area (Å²) in [6.45, 7) is 4.09. The Balaban J connectivity index is 2.44. The van der Waals surface area contributed by atoms with Gasteiger partial charge < -0.3 is 10.8 Å². The van der Waals surface area contributed by atoms with Gasteiger partial charge in [0.05, 0.1) is 6.61 Å². The number of hydrogen-bond acceptors (Lipinski definition) is 2. The summed E-state index contributed by atoms with van der Waals surface area (Å²) in [5.74, 6) is 0. The molecule has 0 heterocycles. The first-order chi connectivity index (χ1) is 8.22. The highest BCUT2D eigenvalue weighted by molar-refractivity contribution is 5.80. The summed E-state index contributed by atoms with van der Waals surface area (Å²) >= 11 is 0. The van der Waals surface area contributed by atoms with Crippen molar-refractivity contribution >= 4 is 11.3 Å². The second-order valence-electron chi connectivity index (χ2n) is 3.92. The quantitative estimate of drug-likeness (QED) is 0.789. The Bertz CT molecular complexity index is 546. The molecule has 2 aromatic carbocycles. The Labute approximate surface area is 101 Å². The van der Waals surface area contributed by atoms with Crippen LogP contribution in [0.1, 0.15) is 16.7 Å². The van der Waals surface area contributed by atoms with Gasteiger partial charge in [0.25, 0.3) is 0 Å². The van der Waals surface area contributed by atoms with Crippen LogP contribution in [-0.2, 0) is 6.61 Å². The molecule has 0 fully saturated rings. The van der Waals surface area contributed by atoms with Crippen LogP contribution in [0.15, 0.2) is 55.1 Å². The molecule has 0 aliphatic rings. The molecule has 0 aromatic heterocycles. The summed E-state index contributed by atoms with van der Waals surface area (Å²) in [4.78, 5) is 0. The van der Waals surface area contributed by atoms with Gasteiger partial charge in [0.15, 0.2) is 0 Å². The molecular formula is C15H15NO. The number of aliphatic hydroxyl groups is 1. The van der Waals surface area contributed by atoms with Gasteiger partial charge in [-0.2, -0.15) is 0 Å². The Hall–Kier alpha value is -2.06. The van der Waals surface area contributed by atoms with Crippen LogP contribution in [0.3, 0.4) is 0 Å². The van der Waals surface area contributed by atoms with Gasteiger partial charge in [-0.1, -0.05) is 43.0 Å². The lowest BCUT2D eigenvalue weighted by Gasteiger charge is -2.11. The number of rotatable bonds is 3. The average molecular weight is 225 g/mol. The van der Waals surface area contributed by atoms with Gasteiger partial charge in [0, 0.05) is 5.69 Å². The number of benzene rings is 2. The van der Waals surface area contributed by atoms with Gasteiger partial charge in [-0.05, 0) is 34.4 Å². The van der Waals surface area contributed by atoms with Crippen LogP contribution < -0.4 is 5.73 Å². The molecule has 0 aliphatic carbocycles. The Morgan fingerprint density at radius 2 is 1.88 bits per heavy atom. The number of anilines is 1. The van der Waals surface area contributed by atoms with Crippen molar-refractivity contribution in [2.45, 2.75) is 6.61 Å². The van der Waals surface area contributed by atoms with Crippen molar-refractivity contribution in [1.29, 1.82) is 0 Å². The second-order valence-corrected chi connectivity index (χ2v) is 3.92. The zero-order chi connectivity index (χ0) is 12.3. The minimum absolute atomic E-state index is 0.0114. The molecule has 86 valence electrons. The number of aliphatic hydroxyl groups excluding tert-OH is 1. The van der Waals surface area contributed by atoms with E-state index in [0.29, 0.717) is 5.69 Å². The molecule has 3 N–H and O–H groups in total. The average Bonchev–Trinajstić information content (AvgIpc) is 2.38. The van der Waals surface area contributed by atoms with Crippen LogP contribution in [0.2, 0.25) is 0 Å². The third-order valence-corrected chi connectivity index (χ3v) is 2.75. The van der Waals surface area contributed by atoms with Gasteiger partial charge in [-0.15, -0.1) is 0 Å². The van der Waals surface area contributed by atoms with Gasteiger partial charge in [-0.3, -0.25) is 0 Å². The fourth-order valence-corrected chi connectivity index (χ4v) is 1.83. The van der Waals surface area contributed by atoms with Crippen LogP contribution in [-0.4, -0.2) is 5.11 Å². The SMILES string of the molecule is C=C(c1cccc(N)c1)c1ccccc1CO. The van der Waals surface area contributed by atoms with Crippen LogP contribution in [0, 0.1) is 0 Å². The highest BCUT2D eigenvalue weighted by Crippen LogP contribution is 2.25. The second kappa shape index (κ2) is 4.85.